The fourth-order valence-corrected chi connectivity index (χ4v) is 2.42. The normalized spacial score (nSPS) is 18.6. The Morgan fingerprint density at radius 3 is 2.38 bits per heavy atom. The molecule has 134 valence electrons. The highest BCUT2D eigenvalue weighted by atomic mass is 19.4. The van der Waals surface area contributed by atoms with Crippen molar-refractivity contribution in [3.8, 4) is 5.75 Å². The van der Waals surface area contributed by atoms with E-state index in [1.807, 2.05) is 20.8 Å². The van der Waals surface area contributed by atoms with Gasteiger partial charge in [0, 0.05) is 19.0 Å². The number of hydrogen-bond acceptors (Lipinski definition) is 3. The van der Waals surface area contributed by atoms with Gasteiger partial charge in [-0.3, -0.25) is 0 Å². The SMILES string of the molecule is CC(C)(C)OC(=O)N1CC[C@H](COc2ccc(C(F)(F)F)cc2)C1. The van der Waals surface area contributed by atoms with Crippen LogP contribution < -0.4 is 4.74 Å². The Kier molecular flexibility index (Phi) is 5.30. The summed E-state index contributed by atoms with van der Waals surface area (Å²) in [6, 6.07) is 4.61. The summed E-state index contributed by atoms with van der Waals surface area (Å²) in [6.07, 6.45) is -3.92. The van der Waals surface area contributed by atoms with Gasteiger partial charge in [-0.15, -0.1) is 0 Å². The Bertz CT molecular complexity index is 564. The van der Waals surface area contributed by atoms with Crippen molar-refractivity contribution in [2.75, 3.05) is 19.7 Å². The molecular formula is C17H22F3NO3. The molecule has 0 aromatic heterocycles. The van der Waals surface area contributed by atoms with E-state index < -0.39 is 17.3 Å². The molecule has 0 bridgehead atoms. The molecule has 1 aromatic carbocycles. The van der Waals surface area contributed by atoms with E-state index in [2.05, 4.69) is 0 Å². The third kappa shape index (κ3) is 5.32. The quantitative estimate of drug-likeness (QED) is 0.818. The summed E-state index contributed by atoms with van der Waals surface area (Å²) in [5.41, 5.74) is -1.24. The molecule has 1 aliphatic heterocycles. The first-order valence-electron chi connectivity index (χ1n) is 7.82. The van der Waals surface area contributed by atoms with E-state index in [9.17, 15) is 18.0 Å². The molecule has 1 fully saturated rings. The van der Waals surface area contributed by atoms with E-state index in [1.165, 1.54) is 12.1 Å². The Morgan fingerprint density at radius 1 is 1.21 bits per heavy atom. The Hall–Kier alpha value is -1.92. The standard InChI is InChI=1S/C17H22F3NO3/c1-16(2,3)24-15(22)21-9-8-12(10-21)11-23-14-6-4-13(5-7-14)17(18,19)20/h4-7,12H,8-11H2,1-3H3/t12-/m0/s1. The van der Waals surface area contributed by atoms with Crippen LogP contribution in [0, 0.1) is 5.92 Å². The average Bonchev–Trinajstić information content (AvgIpc) is 2.92. The minimum absolute atomic E-state index is 0.139. The summed E-state index contributed by atoms with van der Waals surface area (Å²) in [6.45, 7) is 6.90. The molecule has 0 spiro atoms. The van der Waals surface area contributed by atoms with Crippen molar-refractivity contribution in [1.29, 1.82) is 0 Å². The van der Waals surface area contributed by atoms with Gasteiger partial charge in [-0.1, -0.05) is 0 Å². The number of benzene rings is 1. The molecule has 4 nitrogen and oxygen atoms in total. The number of halogens is 3. The van der Waals surface area contributed by atoms with Crippen LogP contribution in [0.1, 0.15) is 32.8 Å². The van der Waals surface area contributed by atoms with Gasteiger partial charge in [0.05, 0.1) is 12.2 Å². The largest absolute Gasteiger partial charge is 0.493 e. The second kappa shape index (κ2) is 6.91. The first-order valence-corrected chi connectivity index (χ1v) is 7.82. The van der Waals surface area contributed by atoms with Crippen molar-refractivity contribution in [1.82, 2.24) is 4.90 Å². The number of rotatable bonds is 3. The molecule has 0 N–H and O–H groups in total. The first kappa shape index (κ1) is 18.4. The van der Waals surface area contributed by atoms with Gasteiger partial charge in [0.15, 0.2) is 0 Å². The highest BCUT2D eigenvalue weighted by Crippen LogP contribution is 2.30. The number of hydrogen-bond donors (Lipinski definition) is 0. The number of nitrogens with zero attached hydrogens (tertiary/aromatic N) is 1. The van der Waals surface area contributed by atoms with Crippen molar-refractivity contribution in [2.45, 2.75) is 39.0 Å². The molecule has 1 amide bonds. The summed E-state index contributed by atoms with van der Waals surface area (Å²) >= 11 is 0. The minimum Gasteiger partial charge on any atom is -0.493 e. The summed E-state index contributed by atoms with van der Waals surface area (Å²) in [4.78, 5) is 13.6. The van der Waals surface area contributed by atoms with Crippen LogP contribution in [-0.2, 0) is 10.9 Å². The van der Waals surface area contributed by atoms with Gasteiger partial charge in [0.1, 0.15) is 11.4 Å². The highest BCUT2D eigenvalue weighted by Gasteiger charge is 2.31. The second-order valence-electron chi connectivity index (χ2n) is 6.91. The predicted molar refractivity (Wildman–Crippen MR) is 82.9 cm³/mol. The van der Waals surface area contributed by atoms with Crippen LogP contribution in [0.15, 0.2) is 24.3 Å². The molecule has 1 aromatic rings. The fraction of sp³-hybridized carbons (Fsp3) is 0.588. The molecule has 0 unspecified atom stereocenters. The Morgan fingerprint density at radius 2 is 1.83 bits per heavy atom. The zero-order valence-corrected chi connectivity index (χ0v) is 14.0. The van der Waals surface area contributed by atoms with Crippen molar-refractivity contribution in [3.63, 3.8) is 0 Å². The lowest BCUT2D eigenvalue weighted by atomic mass is 10.1. The number of likely N-dealkylation sites (tertiary alicyclic amines) is 1. The van der Waals surface area contributed by atoms with Crippen LogP contribution in [0.2, 0.25) is 0 Å². The minimum atomic E-state index is -4.35. The van der Waals surface area contributed by atoms with Gasteiger partial charge in [-0.2, -0.15) is 13.2 Å². The number of carbonyl (C=O) groups excluding carboxylic acids is 1. The van der Waals surface area contributed by atoms with Crippen molar-refractivity contribution in [3.05, 3.63) is 29.8 Å². The second-order valence-corrected chi connectivity index (χ2v) is 6.91. The highest BCUT2D eigenvalue weighted by molar-refractivity contribution is 5.68. The van der Waals surface area contributed by atoms with E-state index in [1.54, 1.807) is 4.90 Å². The molecule has 1 heterocycles. The summed E-state index contributed by atoms with van der Waals surface area (Å²) in [5.74, 6) is 0.526. The van der Waals surface area contributed by atoms with Crippen molar-refractivity contribution < 1.29 is 27.4 Å². The zero-order valence-electron chi connectivity index (χ0n) is 14.0. The predicted octanol–water partition coefficient (Wildman–Crippen LogP) is 4.34. The molecule has 1 atom stereocenters. The lowest BCUT2D eigenvalue weighted by Crippen LogP contribution is -2.35. The fourth-order valence-electron chi connectivity index (χ4n) is 2.42. The van der Waals surface area contributed by atoms with Crippen LogP contribution in [0.25, 0.3) is 0 Å². The Balaban J connectivity index is 1.81. The van der Waals surface area contributed by atoms with E-state index in [0.717, 1.165) is 18.6 Å². The van der Waals surface area contributed by atoms with Crippen LogP contribution in [-0.4, -0.2) is 36.3 Å². The molecule has 2 rings (SSSR count). The zero-order chi connectivity index (χ0) is 18.0. The molecule has 24 heavy (non-hydrogen) atoms. The maximum Gasteiger partial charge on any atom is 0.416 e. The molecule has 7 heteroatoms. The topological polar surface area (TPSA) is 38.8 Å². The third-order valence-corrected chi connectivity index (χ3v) is 3.60. The monoisotopic (exact) mass is 345 g/mol. The van der Waals surface area contributed by atoms with E-state index in [0.29, 0.717) is 25.4 Å². The Labute approximate surface area is 139 Å². The molecule has 0 aliphatic carbocycles. The van der Waals surface area contributed by atoms with Crippen LogP contribution in [0.3, 0.4) is 0 Å². The van der Waals surface area contributed by atoms with Crippen LogP contribution >= 0.6 is 0 Å². The smallest absolute Gasteiger partial charge is 0.416 e. The van der Waals surface area contributed by atoms with Gasteiger partial charge in [0.25, 0.3) is 0 Å². The number of ether oxygens (including phenoxy) is 2. The number of alkyl halides is 3. The van der Waals surface area contributed by atoms with Crippen molar-refractivity contribution >= 4 is 6.09 Å². The molecule has 0 radical (unpaired) electrons. The van der Waals surface area contributed by atoms with E-state index in [-0.39, 0.29) is 12.0 Å². The lowest BCUT2D eigenvalue weighted by Gasteiger charge is -2.24. The van der Waals surface area contributed by atoms with Crippen molar-refractivity contribution in [2.24, 2.45) is 5.92 Å². The third-order valence-electron chi connectivity index (χ3n) is 3.60. The van der Waals surface area contributed by atoms with Crippen LogP contribution in [0.4, 0.5) is 18.0 Å². The number of amides is 1. The van der Waals surface area contributed by atoms with E-state index >= 15 is 0 Å². The summed E-state index contributed by atoms with van der Waals surface area (Å²) < 4.78 is 48.3. The molecular weight excluding hydrogens is 323 g/mol. The molecule has 0 saturated carbocycles. The average molecular weight is 345 g/mol. The summed E-state index contributed by atoms with van der Waals surface area (Å²) in [5, 5.41) is 0. The van der Waals surface area contributed by atoms with Gasteiger partial charge in [0.2, 0.25) is 0 Å². The summed E-state index contributed by atoms with van der Waals surface area (Å²) in [7, 11) is 0. The van der Waals surface area contributed by atoms with Gasteiger partial charge < -0.3 is 14.4 Å². The van der Waals surface area contributed by atoms with Gasteiger partial charge in [-0.05, 0) is 51.5 Å². The van der Waals surface area contributed by atoms with Gasteiger partial charge in [-0.25, -0.2) is 4.79 Å². The van der Waals surface area contributed by atoms with Crippen LogP contribution in [0.5, 0.6) is 5.75 Å². The maximum absolute atomic E-state index is 12.5. The van der Waals surface area contributed by atoms with Gasteiger partial charge >= 0.3 is 12.3 Å². The number of carbonyl (C=O) groups is 1. The maximum atomic E-state index is 12.5. The molecule has 1 saturated heterocycles. The first-order chi connectivity index (χ1) is 11.0. The lowest BCUT2D eigenvalue weighted by molar-refractivity contribution is -0.137. The molecule has 1 aliphatic rings. The van der Waals surface area contributed by atoms with E-state index in [4.69, 9.17) is 9.47 Å².